The van der Waals surface area contributed by atoms with Crippen molar-refractivity contribution in [1.82, 2.24) is 9.97 Å². The minimum absolute atomic E-state index is 0.0355. The zero-order chi connectivity index (χ0) is 16.2. The number of nitrogens with one attached hydrogen (secondary N) is 1. The van der Waals surface area contributed by atoms with Crippen LogP contribution in [-0.2, 0) is 4.79 Å². The number of hydrogen-bond donors (Lipinski definition) is 1. The molecular formula is C17H21N3O3. The van der Waals surface area contributed by atoms with Gasteiger partial charge in [0.2, 0.25) is 5.91 Å². The Hall–Kier alpha value is -2.37. The van der Waals surface area contributed by atoms with Crippen molar-refractivity contribution < 1.29 is 14.3 Å². The van der Waals surface area contributed by atoms with Crippen LogP contribution < -0.4 is 14.8 Å². The topological polar surface area (TPSA) is 73.3 Å². The number of carbonyl (C=O) groups is 1. The summed E-state index contributed by atoms with van der Waals surface area (Å²) >= 11 is 0. The van der Waals surface area contributed by atoms with Crippen molar-refractivity contribution in [3.05, 3.63) is 18.5 Å². The Bertz CT molecular complexity index is 712. The van der Waals surface area contributed by atoms with Crippen molar-refractivity contribution >= 4 is 22.6 Å². The van der Waals surface area contributed by atoms with E-state index in [1.807, 2.05) is 0 Å². The van der Waals surface area contributed by atoms with E-state index in [9.17, 15) is 4.79 Å². The number of rotatable bonds is 4. The SMILES string of the molecule is COc1cc(NC(=O)C2CCCCC2)c(OC)c2nccnc12. The predicted molar refractivity (Wildman–Crippen MR) is 87.8 cm³/mol. The average Bonchev–Trinajstić information content (AvgIpc) is 2.61. The summed E-state index contributed by atoms with van der Waals surface area (Å²) in [6.45, 7) is 0. The van der Waals surface area contributed by atoms with Crippen LogP contribution in [0.3, 0.4) is 0 Å². The Kier molecular flexibility index (Phi) is 4.60. The molecule has 0 spiro atoms. The summed E-state index contributed by atoms with van der Waals surface area (Å²) < 4.78 is 10.9. The molecule has 0 aliphatic heterocycles. The van der Waals surface area contributed by atoms with E-state index >= 15 is 0 Å². The van der Waals surface area contributed by atoms with E-state index in [2.05, 4.69) is 15.3 Å². The summed E-state index contributed by atoms with van der Waals surface area (Å²) in [5.41, 5.74) is 1.77. The molecule has 122 valence electrons. The Labute approximate surface area is 135 Å². The lowest BCUT2D eigenvalue weighted by molar-refractivity contribution is -0.120. The Morgan fingerprint density at radius 1 is 1.09 bits per heavy atom. The van der Waals surface area contributed by atoms with Crippen molar-refractivity contribution in [2.45, 2.75) is 32.1 Å². The van der Waals surface area contributed by atoms with Crippen LogP contribution in [0.2, 0.25) is 0 Å². The van der Waals surface area contributed by atoms with E-state index in [0.717, 1.165) is 25.7 Å². The van der Waals surface area contributed by atoms with Crippen LogP contribution in [0.15, 0.2) is 18.5 Å². The number of fused-ring (bicyclic) bond motifs is 1. The summed E-state index contributed by atoms with van der Waals surface area (Å²) in [5, 5.41) is 2.99. The van der Waals surface area contributed by atoms with E-state index in [4.69, 9.17) is 9.47 Å². The highest BCUT2D eigenvalue weighted by Gasteiger charge is 2.23. The number of anilines is 1. The van der Waals surface area contributed by atoms with Crippen LogP contribution in [0, 0.1) is 5.92 Å². The highest BCUT2D eigenvalue weighted by Crippen LogP contribution is 2.38. The molecule has 0 atom stereocenters. The van der Waals surface area contributed by atoms with Gasteiger partial charge in [-0.1, -0.05) is 19.3 Å². The van der Waals surface area contributed by atoms with Crippen molar-refractivity contribution in [3.8, 4) is 11.5 Å². The fraction of sp³-hybridized carbons (Fsp3) is 0.471. The average molecular weight is 315 g/mol. The lowest BCUT2D eigenvalue weighted by atomic mass is 9.88. The molecule has 1 aromatic heterocycles. The zero-order valence-corrected chi connectivity index (χ0v) is 13.5. The van der Waals surface area contributed by atoms with Gasteiger partial charge in [0.1, 0.15) is 16.8 Å². The number of carbonyl (C=O) groups excluding carboxylic acids is 1. The number of aromatic nitrogens is 2. The third-order valence-corrected chi connectivity index (χ3v) is 4.32. The molecule has 1 amide bonds. The van der Waals surface area contributed by atoms with Gasteiger partial charge in [0.15, 0.2) is 5.75 Å². The molecule has 3 rings (SSSR count). The summed E-state index contributed by atoms with van der Waals surface area (Å²) in [6.07, 6.45) is 8.52. The number of hydrogen-bond acceptors (Lipinski definition) is 5. The van der Waals surface area contributed by atoms with E-state index in [-0.39, 0.29) is 11.8 Å². The van der Waals surface area contributed by atoms with Crippen molar-refractivity contribution in [3.63, 3.8) is 0 Å². The van der Waals surface area contributed by atoms with Crippen molar-refractivity contribution in [1.29, 1.82) is 0 Å². The molecule has 1 aliphatic rings. The molecule has 6 nitrogen and oxygen atoms in total. The summed E-state index contributed by atoms with van der Waals surface area (Å²) in [4.78, 5) is 21.1. The number of benzene rings is 1. The summed E-state index contributed by atoms with van der Waals surface area (Å²) in [5.74, 6) is 1.18. The smallest absolute Gasteiger partial charge is 0.227 e. The Morgan fingerprint density at radius 2 is 1.78 bits per heavy atom. The second kappa shape index (κ2) is 6.81. The van der Waals surface area contributed by atoms with Gasteiger partial charge in [0.25, 0.3) is 0 Å². The van der Waals surface area contributed by atoms with Gasteiger partial charge in [-0.25, -0.2) is 9.97 Å². The first kappa shape index (κ1) is 15.5. The lowest BCUT2D eigenvalue weighted by Crippen LogP contribution is -2.25. The molecule has 0 unspecified atom stereocenters. The Balaban J connectivity index is 1.97. The normalized spacial score (nSPS) is 15.4. The van der Waals surface area contributed by atoms with E-state index < -0.39 is 0 Å². The quantitative estimate of drug-likeness (QED) is 0.938. The maximum absolute atomic E-state index is 12.5. The molecule has 1 N–H and O–H groups in total. The van der Waals surface area contributed by atoms with Gasteiger partial charge in [0, 0.05) is 24.4 Å². The molecular weight excluding hydrogens is 294 g/mol. The third-order valence-electron chi connectivity index (χ3n) is 4.32. The predicted octanol–water partition coefficient (Wildman–Crippen LogP) is 3.17. The molecule has 1 aromatic carbocycles. The third kappa shape index (κ3) is 3.06. The van der Waals surface area contributed by atoms with E-state index in [1.54, 1.807) is 32.7 Å². The maximum Gasteiger partial charge on any atom is 0.227 e. The van der Waals surface area contributed by atoms with Gasteiger partial charge in [-0.15, -0.1) is 0 Å². The molecule has 0 radical (unpaired) electrons. The van der Waals surface area contributed by atoms with E-state index in [1.165, 1.54) is 6.42 Å². The number of methoxy groups -OCH3 is 2. The Morgan fingerprint density at radius 3 is 2.43 bits per heavy atom. The van der Waals surface area contributed by atoms with Gasteiger partial charge in [-0.05, 0) is 12.8 Å². The van der Waals surface area contributed by atoms with Crippen LogP contribution in [0.4, 0.5) is 5.69 Å². The first-order valence-corrected chi connectivity index (χ1v) is 7.91. The molecule has 6 heteroatoms. The van der Waals surface area contributed by atoms with Gasteiger partial charge in [-0.3, -0.25) is 4.79 Å². The number of ether oxygens (including phenoxy) is 2. The minimum atomic E-state index is 0.0355. The van der Waals surface area contributed by atoms with Crippen molar-refractivity contribution in [2.75, 3.05) is 19.5 Å². The molecule has 1 heterocycles. The highest BCUT2D eigenvalue weighted by molar-refractivity contribution is 6.00. The van der Waals surface area contributed by atoms with Crippen molar-refractivity contribution in [2.24, 2.45) is 5.92 Å². The first-order chi connectivity index (χ1) is 11.2. The van der Waals surface area contributed by atoms with Crippen LogP contribution in [0.25, 0.3) is 11.0 Å². The van der Waals surface area contributed by atoms with Gasteiger partial charge in [-0.2, -0.15) is 0 Å². The first-order valence-electron chi connectivity index (χ1n) is 7.91. The summed E-state index contributed by atoms with van der Waals surface area (Å²) in [6, 6.07) is 1.75. The maximum atomic E-state index is 12.5. The molecule has 1 saturated carbocycles. The van der Waals surface area contributed by atoms with Crippen LogP contribution in [0.1, 0.15) is 32.1 Å². The number of nitrogens with zero attached hydrogens (tertiary/aromatic N) is 2. The summed E-state index contributed by atoms with van der Waals surface area (Å²) in [7, 11) is 3.13. The van der Waals surface area contributed by atoms with Gasteiger partial charge >= 0.3 is 0 Å². The van der Waals surface area contributed by atoms with Gasteiger partial charge < -0.3 is 14.8 Å². The largest absolute Gasteiger partial charge is 0.494 e. The fourth-order valence-corrected chi connectivity index (χ4v) is 3.13. The van der Waals surface area contributed by atoms with E-state index in [0.29, 0.717) is 28.2 Å². The van der Waals surface area contributed by atoms with Crippen LogP contribution >= 0.6 is 0 Å². The highest BCUT2D eigenvalue weighted by atomic mass is 16.5. The minimum Gasteiger partial charge on any atom is -0.494 e. The number of amides is 1. The van der Waals surface area contributed by atoms with Gasteiger partial charge in [0.05, 0.1) is 19.9 Å². The second-order valence-electron chi connectivity index (χ2n) is 5.74. The second-order valence-corrected chi connectivity index (χ2v) is 5.74. The standard InChI is InChI=1S/C17H21N3O3/c1-22-13-10-12(20-17(21)11-6-4-3-5-7-11)16(23-2)15-14(13)18-8-9-19-15/h8-11H,3-7H2,1-2H3,(H,20,21). The zero-order valence-electron chi connectivity index (χ0n) is 13.5. The monoisotopic (exact) mass is 315 g/mol. The van der Waals surface area contributed by atoms with Crippen LogP contribution in [0.5, 0.6) is 11.5 Å². The lowest BCUT2D eigenvalue weighted by Gasteiger charge is -2.22. The molecule has 2 aromatic rings. The molecule has 0 saturated heterocycles. The molecule has 23 heavy (non-hydrogen) atoms. The van der Waals surface area contributed by atoms with Crippen LogP contribution in [-0.4, -0.2) is 30.1 Å². The molecule has 1 aliphatic carbocycles. The fourth-order valence-electron chi connectivity index (χ4n) is 3.13. The molecule has 0 bridgehead atoms. The molecule has 1 fully saturated rings.